The van der Waals surface area contributed by atoms with E-state index < -0.39 is 0 Å². The minimum atomic E-state index is 0.460. The maximum atomic E-state index is 9.71. The molecule has 0 atom stereocenters. The lowest BCUT2D eigenvalue weighted by molar-refractivity contribution is 0.465. The average Bonchev–Trinajstić information content (AvgIpc) is 2.57. The minimum absolute atomic E-state index is 0.460. The van der Waals surface area contributed by atoms with Gasteiger partial charge in [0.15, 0.2) is 0 Å². The SMILES string of the molecule is CCCCCCCCCCCCCCCCc1ccccc1O. The van der Waals surface area contributed by atoms with Crippen molar-refractivity contribution in [2.75, 3.05) is 0 Å². The number of aromatic hydroxyl groups is 1. The lowest BCUT2D eigenvalue weighted by Crippen LogP contribution is -1.87. The molecule has 0 aliphatic rings. The number of para-hydroxylation sites is 1. The first-order valence-corrected chi connectivity index (χ1v) is 10.1. The van der Waals surface area contributed by atoms with E-state index >= 15 is 0 Å². The van der Waals surface area contributed by atoms with Crippen LogP contribution in [0.15, 0.2) is 24.3 Å². The number of aryl methyl sites for hydroxylation is 1. The van der Waals surface area contributed by atoms with E-state index in [9.17, 15) is 5.11 Å². The lowest BCUT2D eigenvalue weighted by atomic mass is 10.0. The summed E-state index contributed by atoms with van der Waals surface area (Å²) < 4.78 is 0. The molecule has 1 rings (SSSR count). The third-order valence-corrected chi connectivity index (χ3v) is 4.79. The fourth-order valence-electron chi connectivity index (χ4n) is 3.23. The molecule has 0 heterocycles. The monoisotopic (exact) mass is 318 g/mol. The third-order valence-electron chi connectivity index (χ3n) is 4.79. The Morgan fingerprint density at radius 1 is 0.609 bits per heavy atom. The van der Waals surface area contributed by atoms with Crippen LogP contribution >= 0.6 is 0 Å². The normalized spacial score (nSPS) is 11.0. The zero-order chi connectivity index (χ0) is 16.6. The molecule has 1 N–H and O–H groups in total. The van der Waals surface area contributed by atoms with Crippen LogP contribution in [0.4, 0.5) is 0 Å². The number of phenols is 1. The molecule has 0 radical (unpaired) electrons. The molecule has 0 saturated carbocycles. The van der Waals surface area contributed by atoms with Crippen molar-refractivity contribution in [1.82, 2.24) is 0 Å². The molecule has 0 fully saturated rings. The predicted molar refractivity (Wildman–Crippen MR) is 102 cm³/mol. The molecule has 0 aromatic heterocycles. The molecule has 23 heavy (non-hydrogen) atoms. The van der Waals surface area contributed by atoms with Crippen molar-refractivity contribution >= 4 is 0 Å². The lowest BCUT2D eigenvalue weighted by Gasteiger charge is -2.05. The van der Waals surface area contributed by atoms with Gasteiger partial charge in [-0.2, -0.15) is 0 Å². The van der Waals surface area contributed by atoms with Crippen LogP contribution in [0.1, 0.15) is 102 Å². The van der Waals surface area contributed by atoms with Gasteiger partial charge in [0.2, 0.25) is 0 Å². The number of rotatable bonds is 15. The molecule has 0 bridgehead atoms. The van der Waals surface area contributed by atoms with Crippen LogP contribution in [0.3, 0.4) is 0 Å². The van der Waals surface area contributed by atoms with Gasteiger partial charge in [0.05, 0.1) is 0 Å². The van der Waals surface area contributed by atoms with E-state index in [1.165, 1.54) is 89.9 Å². The van der Waals surface area contributed by atoms with E-state index in [4.69, 9.17) is 0 Å². The minimum Gasteiger partial charge on any atom is -0.508 e. The first-order chi connectivity index (χ1) is 11.3. The Morgan fingerprint density at radius 3 is 1.52 bits per heavy atom. The third kappa shape index (κ3) is 11.2. The van der Waals surface area contributed by atoms with E-state index in [2.05, 4.69) is 6.92 Å². The van der Waals surface area contributed by atoms with Gasteiger partial charge in [-0.05, 0) is 24.5 Å². The molecular weight excluding hydrogens is 280 g/mol. The molecule has 0 spiro atoms. The van der Waals surface area contributed by atoms with Gasteiger partial charge in [0.25, 0.3) is 0 Å². The van der Waals surface area contributed by atoms with Gasteiger partial charge in [-0.15, -0.1) is 0 Å². The van der Waals surface area contributed by atoms with Gasteiger partial charge in [0, 0.05) is 0 Å². The van der Waals surface area contributed by atoms with E-state index in [0.717, 1.165) is 12.0 Å². The largest absolute Gasteiger partial charge is 0.508 e. The number of hydrogen-bond donors (Lipinski definition) is 1. The topological polar surface area (TPSA) is 20.2 Å². The highest BCUT2D eigenvalue weighted by molar-refractivity contribution is 5.31. The Morgan fingerprint density at radius 2 is 1.04 bits per heavy atom. The van der Waals surface area contributed by atoms with Gasteiger partial charge < -0.3 is 5.11 Å². The van der Waals surface area contributed by atoms with Crippen molar-refractivity contribution in [3.63, 3.8) is 0 Å². The van der Waals surface area contributed by atoms with Crippen molar-refractivity contribution in [3.8, 4) is 5.75 Å². The summed E-state index contributed by atoms with van der Waals surface area (Å²) in [4.78, 5) is 0. The number of phenolic OH excluding ortho intramolecular Hbond substituents is 1. The Balaban J connectivity index is 1.79. The summed E-state index contributed by atoms with van der Waals surface area (Å²) in [5, 5.41) is 9.71. The summed E-state index contributed by atoms with van der Waals surface area (Å²) in [5.74, 6) is 0.460. The molecule has 1 aromatic rings. The van der Waals surface area contributed by atoms with Crippen LogP contribution in [0.5, 0.6) is 5.75 Å². The zero-order valence-electron chi connectivity index (χ0n) is 15.4. The maximum absolute atomic E-state index is 9.71. The van der Waals surface area contributed by atoms with Gasteiger partial charge in [0.1, 0.15) is 5.75 Å². The first kappa shape index (κ1) is 20.1. The smallest absolute Gasteiger partial charge is 0.118 e. The Kier molecular flexibility index (Phi) is 12.7. The summed E-state index contributed by atoms with van der Waals surface area (Å²) in [7, 11) is 0. The van der Waals surface area contributed by atoms with Gasteiger partial charge in [-0.1, -0.05) is 109 Å². The molecular formula is C22H38O. The molecule has 0 aliphatic carbocycles. The van der Waals surface area contributed by atoms with Crippen LogP contribution in [0, 0.1) is 0 Å². The second-order valence-electron chi connectivity index (χ2n) is 6.97. The van der Waals surface area contributed by atoms with Crippen molar-refractivity contribution in [2.45, 2.75) is 103 Å². The van der Waals surface area contributed by atoms with E-state index in [0.29, 0.717) is 5.75 Å². The van der Waals surface area contributed by atoms with Crippen LogP contribution in [0.2, 0.25) is 0 Å². The van der Waals surface area contributed by atoms with E-state index in [1.54, 1.807) is 6.07 Å². The fraction of sp³-hybridized carbons (Fsp3) is 0.727. The van der Waals surface area contributed by atoms with Gasteiger partial charge >= 0.3 is 0 Å². The Labute approximate surface area is 144 Å². The summed E-state index contributed by atoms with van der Waals surface area (Å²) in [6, 6.07) is 7.74. The van der Waals surface area contributed by atoms with Crippen LogP contribution in [0.25, 0.3) is 0 Å². The van der Waals surface area contributed by atoms with Crippen molar-refractivity contribution in [1.29, 1.82) is 0 Å². The molecule has 0 unspecified atom stereocenters. The Hall–Kier alpha value is -0.980. The van der Waals surface area contributed by atoms with E-state index in [-0.39, 0.29) is 0 Å². The second-order valence-corrected chi connectivity index (χ2v) is 6.97. The van der Waals surface area contributed by atoms with Gasteiger partial charge in [-0.25, -0.2) is 0 Å². The van der Waals surface area contributed by atoms with Gasteiger partial charge in [-0.3, -0.25) is 0 Å². The predicted octanol–water partition coefficient (Wildman–Crippen LogP) is 7.42. The van der Waals surface area contributed by atoms with Crippen molar-refractivity contribution < 1.29 is 5.11 Å². The van der Waals surface area contributed by atoms with Crippen molar-refractivity contribution in [3.05, 3.63) is 29.8 Å². The summed E-state index contributed by atoms with van der Waals surface area (Å²) in [6.07, 6.45) is 20.5. The number of unbranched alkanes of at least 4 members (excludes halogenated alkanes) is 13. The molecule has 1 aromatic carbocycles. The maximum Gasteiger partial charge on any atom is 0.118 e. The second kappa shape index (κ2) is 14.6. The highest BCUT2D eigenvalue weighted by Gasteiger charge is 1.99. The summed E-state index contributed by atoms with van der Waals surface area (Å²) in [6.45, 7) is 2.28. The van der Waals surface area contributed by atoms with Crippen molar-refractivity contribution in [2.24, 2.45) is 0 Å². The molecule has 0 aliphatic heterocycles. The first-order valence-electron chi connectivity index (χ1n) is 10.1. The quantitative estimate of drug-likeness (QED) is 0.334. The zero-order valence-corrected chi connectivity index (χ0v) is 15.4. The fourth-order valence-corrected chi connectivity index (χ4v) is 3.23. The molecule has 0 saturated heterocycles. The highest BCUT2D eigenvalue weighted by atomic mass is 16.3. The van der Waals surface area contributed by atoms with Crippen LogP contribution in [-0.4, -0.2) is 5.11 Å². The standard InChI is InChI=1S/C22H38O/c1-2-3-4-5-6-7-8-9-10-11-12-13-14-15-18-21-19-16-17-20-22(21)23/h16-17,19-20,23H,2-15,18H2,1H3. The summed E-state index contributed by atoms with van der Waals surface area (Å²) >= 11 is 0. The molecule has 1 nitrogen and oxygen atoms in total. The number of benzene rings is 1. The number of hydrogen-bond acceptors (Lipinski definition) is 1. The summed E-state index contributed by atoms with van der Waals surface area (Å²) in [5.41, 5.74) is 1.10. The molecule has 0 amide bonds. The van der Waals surface area contributed by atoms with Crippen LogP contribution in [-0.2, 0) is 6.42 Å². The average molecular weight is 319 g/mol. The highest BCUT2D eigenvalue weighted by Crippen LogP contribution is 2.19. The Bertz CT molecular complexity index is 372. The molecule has 132 valence electrons. The van der Waals surface area contributed by atoms with E-state index in [1.807, 2.05) is 18.2 Å². The molecule has 1 heteroatoms. The van der Waals surface area contributed by atoms with Crippen LogP contribution < -0.4 is 0 Å².